The van der Waals surface area contributed by atoms with E-state index in [1.165, 1.54) is 23.5 Å². The molecule has 32 heavy (non-hydrogen) atoms. The number of nitrogens with two attached hydrogens (primary N) is 1. The monoisotopic (exact) mass is 460 g/mol. The number of ketones is 1. The number of rotatable bonds is 5. The summed E-state index contributed by atoms with van der Waals surface area (Å²) in [5, 5.41) is 2.61. The average Bonchev–Trinajstić information content (AvgIpc) is 3.26. The highest BCUT2D eigenvalue weighted by atomic mass is 32.1. The highest BCUT2D eigenvalue weighted by Crippen LogP contribution is 2.43. The van der Waals surface area contributed by atoms with Crippen LogP contribution in [-0.2, 0) is 16.7 Å². The second kappa shape index (κ2) is 8.44. The Morgan fingerprint density at radius 3 is 2.75 bits per heavy atom. The second-order valence-corrected chi connectivity index (χ2v) is 8.45. The molecule has 1 aromatic carbocycles. The summed E-state index contributed by atoms with van der Waals surface area (Å²) in [6.45, 7) is -0.114. The third kappa shape index (κ3) is 4.15. The molecule has 0 spiro atoms. The largest absolute Gasteiger partial charge is 0.385 e. The molecule has 2 N–H and O–H groups in total. The lowest BCUT2D eigenvalue weighted by molar-refractivity contribution is -0.116. The van der Waals surface area contributed by atoms with E-state index in [9.17, 15) is 18.0 Å². The molecule has 2 aromatic heterocycles. The van der Waals surface area contributed by atoms with Gasteiger partial charge in [0, 0.05) is 35.3 Å². The van der Waals surface area contributed by atoms with Crippen molar-refractivity contribution in [3.05, 3.63) is 70.7 Å². The third-order valence-corrected chi connectivity index (χ3v) is 6.08. The molecule has 10 heteroatoms. The van der Waals surface area contributed by atoms with Gasteiger partial charge in [-0.05, 0) is 36.8 Å². The van der Waals surface area contributed by atoms with Gasteiger partial charge in [0.2, 0.25) is 0 Å². The summed E-state index contributed by atoms with van der Waals surface area (Å²) in [5.41, 5.74) is 4.38. The van der Waals surface area contributed by atoms with E-state index in [1.54, 1.807) is 24.5 Å². The SMILES string of the molecule is C[C@]1(c2cc(CC(=O)c3ccc(-c4nccs4)cn3)ccc2F)N=C(N)COCC1(F)F. The third-order valence-electron chi connectivity index (χ3n) is 5.26. The number of carbonyl (C=O) groups is 1. The fourth-order valence-electron chi connectivity index (χ4n) is 3.47. The summed E-state index contributed by atoms with van der Waals surface area (Å²) >= 11 is 1.45. The number of aliphatic imine (C=N–C) groups is 1. The number of Topliss-reactive ketones (excluding diaryl/α,β-unsaturated/α-hetero) is 1. The van der Waals surface area contributed by atoms with Crippen LogP contribution >= 0.6 is 11.3 Å². The number of hydrogen-bond acceptors (Lipinski definition) is 7. The zero-order valence-electron chi connectivity index (χ0n) is 17.0. The van der Waals surface area contributed by atoms with E-state index in [0.29, 0.717) is 5.56 Å². The standard InChI is InChI=1S/C22H19F3N4O2S/c1-21(22(24,25)12-31-11-19(26)29-21)15-8-13(2-4-16(15)23)9-18(30)17-5-3-14(10-28-17)20-27-6-7-32-20/h2-8,10H,9,11-12H2,1H3,(H2,26,29)/t21-/m1/s1. The number of pyridine rings is 1. The lowest BCUT2D eigenvalue weighted by Crippen LogP contribution is -2.45. The van der Waals surface area contributed by atoms with Gasteiger partial charge in [-0.3, -0.25) is 14.8 Å². The van der Waals surface area contributed by atoms with Gasteiger partial charge in [-0.2, -0.15) is 0 Å². The fraction of sp³-hybridized carbons (Fsp3) is 0.273. The summed E-state index contributed by atoms with van der Waals surface area (Å²) < 4.78 is 49.2. The Labute approximate surface area is 186 Å². The van der Waals surface area contributed by atoms with Crippen molar-refractivity contribution >= 4 is 23.0 Å². The molecule has 0 radical (unpaired) electrons. The Hall–Kier alpha value is -3.11. The van der Waals surface area contributed by atoms with E-state index in [4.69, 9.17) is 10.5 Å². The van der Waals surface area contributed by atoms with Crippen molar-refractivity contribution in [3.63, 3.8) is 0 Å². The van der Waals surface area contributed by atoms with Crippen LogP contribution in [-0.4, -0.2) is 40.7 Å². The van der Waals surface area contributed by atoms with E-state index in [-0.39, 0.29) is 35.9 Å². The molecule has 0 fully saturated rings. The molecule has 3 aromatic rings. The van der Waals surface area contributed by atoms with Crippen LogP contribution in [0.2, 0.25) is 0 Å². The van der Waals surface area contributed by atoms with Crippen molar-refractivity contribution in [2.24, 2.45) is 10.7 Å². The number of amidine groups is 1. The predicted octanol–water partition coefficient (Wildman–Crippen LogP) is 4.01. The van der Waals surface area contributed by atoms with Crippen molar-refractivity contribution in [1.29, 1.82) is 0 Å². The average molecular weight is 460 g/mol. The first-order chi connectivity index (χ1) is 15.2. The van der Waals surface area contributed by atoms with Crippen molar-refractivity contribution < 1.29 is 22.7 Å². The van der Waals surface area contributed by atoms with Gasteiger partial charge in [0.15, 0.2) is 11.3 Å². The number of benzene rings is 1. The summed E-state index contributed by atoms with van der Waals surface area (Å²) in [7, 11) is 0. The van der Waals surface area contributed by atoms with Crippen molar-refractivity contribution in [2.45, 2.75) is 24.8 Å². The molecule has 0 aliphatic carbocycles. The minimum atomic E-state index is -3.51. The molecule has 166 valence electrons. The summed E-state index contributed by atoms with van der Waals surface area (Å²) in [5.74, 6) is -4.87. The van der Waals surface area contributed by atoms with Gasteiger partial charge in [-0.1, -0.05) is 6.07 Å². The second-order valence-electron chi connectivity index (χ2n) is 7.56. The van der Waals surface area contributed by atoms with Crippen molar-refractivity contribution in [3.8, 4) is 10.6 Å². The number of carbonyl (C=O) groups excluding carboxylic acids is 1. The van der Waals surface area contributed by atoms with Gasteiger partial charge in [0.25, 0.3) is 5.92 Å². The van der Waals surface area contributed by atoms with E-state index in [0.717, 1.165) is 23.6 Å². The van der Waals surface area contributed by atoms with Crippen LogP contribution in [0.25, 0.3) is 10.6 Å². The van der Waals surface area contributed by atoms with Crippen molar-refractivity contribution in [1.82, 2.24) is 9.97 Å². The predicted molar refractivity (Wildman–Crippen MR) is 115 cm³/mol. The van der Waals surface area contributed by atoms with Crippen molar-refractivity contribution in [2.75, 3.05) is 13.2 Å². The molecule has 6 nitrogen and oxygen atoms in total. The maximum absolute atomic E-state index is 14.8. The smallest absolute Gasteiger partial charge is 0.299 e. The summed E-state index contributed by atoms with van der Waals surface area (Å²) in [6, 6.07) is 6.97. The fourth-order valence-corrected chi connectivity index (χ4v) is 4.09. The summed E-state index contributed by atoms with van der Waals surface area (Å²) in [6.07, 6.45) is 3.08. The van der Waals surface area contributed by atoms with Crippen LogP contribution in [0.4, 0.5) is 13.2 Å². The van der Waals surface area contributed by atoms with Gasteiger partial charge < -0.3 is 10.5 Å². The molecule has 1 aliphatic heterocycles. The first-order valence-electron chi connectivity index (χ1n) is 9.67. The van der Waals surface area contributed by atoms with E-state index < -0.39 is 23.9 Å². The van der Waals surface area contributed by atoms with Gasteiger partial charge in [-0.25, -0.2) is 18.2 Å². The molecule has 0 amide bonds. The lowest BCUT2D eigenvalue weighted by Gasteiger charge is -2.33. The summed E-state index contributed by atoms with van der Waals surface area (Å²) in [4.78, 5) is 25.0. The number of thiazole rings is 1. The van der Waals surface area contributed by atoms with Crippen LogP contribution in [0.5, 0.6) is 0 Å². The van der Waals surface area contributed by atoms with E-state index >= 15 is 0 Å². The highest BCUT2D eigenvalue weighted by molar-refractivity contribution is 7.13. The number of hydrogen-bond donors (Lipinski definition) is 1. The molecular weight excluding hydrogens is 441 g/mol. The Kier molecular flexibility index (Phi) is 5.83. The Morgan fingerprint density at radius 1 is 1.25 bits per heavy atom. The molecule has 4 rings (SSSR count). The number of halogens is 3. The van der Waals surface area contributed by atoms with E-state index in [2.05, 4.69) is 15.0 Å². The van der Waals surface area contributed by atoms with Crippen LogP contribution in [0.1, 0.15) is 28.5 Å². The molecule has 0 saturated heterocycles. The number of alkyl halides is 2. The van der Waals surface area contributed by atoms with Gasteiger partial charge in [-0.15, -0.1) is 11.3 Å². The lowest BCUT2D eigenvalue weighted by atomic mass is 9.84. The quantitative estimate of drug-likeness (QED) is 0.581. The maximum Gasteiger partial charge on any atom is 0.299 e. The highest BCUT2D eigenvalue weighted by Gasteiger charge is 2.54. The molecular formula is C22H19F3N4O2S. The first kappa shape index (κ1) is 22.1. The van der Waals surface area contributed by atoms with Gasteiger partial charge in [0.1, 0.15) is 35.6 Å². The maximum atomic E-state index is 14.8. The van der Waals surface area contributed by atoms with Gasteiger partial charge >= 0.3 is 0 Å². The minimum absolute atomic E-state index is 0.145. The molecule has 0 unspecified atom stereocenters. The normalized spacial score (nSPS) is 20.4. The number of aromatic nitrogens is 2. The van der Waals surface area contributed by atoms with Gasteiger partial charge in [0.05, 0.1) is 0 Å². The first-order valence-corrected chi connectivity index (χ1v) is 10.6. The zero-order chi connectivity index (χ0) is 22.9. The molecule has 3 heterocycles. The van der Waals surface area contributed by atoms with Crippen LogP contribution in [0.15, 0.2) is 53.1 Å². The van der Waals surface area contributed by atoms with E-state index in [1.807, 2.05) is 5.38 Å². The molecule has 0 saturated carbocycles. The van der Waals surface area contributed by atoms with Crippen LogP contribution in [0.3, 0.4) is 0 Å². The Morgan fingerprint density at radius 2 is 2.06 bits per heavy atom. The zero-order valence-corrected chi connectivity index (χ0v) is 17.8. The van der Waals surface area contributed by atoms with Crippen LogP contribution < -0.4 is 5.73 Å². The Balaban J connectivity index is 1.61. The number of nitrogens with zero attached hydrogens (tertiary/aromatic N) is 3. The molecule has 0 bridgehead atoms. The number of ether oxygens (including phenoxy) is 1. The van der Waals surface area contributed by atoms with Crippen LogP contribution in [0, 0.1) is 5.82 Å². The molecule has 1 aliphatic rings. The Bertz CT molecular complexity index is 1170. The molecule has 1 atom stereocenters. The topological polar surface area (TPSA) is 90.5 Å². The minimum Gasteiger partial charge on any atom is -0.385 e.